The van der Waals surface area contributed by atoms with E-state index in [0.29, 0.717) is 51.4 Å². The van der Waals surface area contributed by atoms with E-state index in [1.54, 1.807) is 13.8 Å². The van der Waals surface area contributed by atoms with E-state index in [0.717, 1.165) is 64.2 Å². The van der Waals surface area contributed by atoms with Crippen LogP contribution in [0.5, 0.6) is 0 Å². The first kappa shape index (κ1) is 56.6. The van der Waals surface area contributed by atoms with Crippen LogP contribution in [0.25, 0.3) is 0 Å². The van der Waals surface area contributed by atoms with Crippen molar-refractivity contribution < 1.29 is 57.7 Å². The monoisotopic (exact) mass is 835 g/mol. The molecule has 0 aliphatic carbocycles. The predicted molar refractivity (Wildman–Crippen MR) is 230 cm³/mol. The van der Waals surface area contributed by atoms with Crippen molar-refractivity contribution in [3.63, 3.8) is 0 Å². The van der Waals surface area contributed by atoms with E-state index in [1.807, 2.05) is 41.5 Å². The highest BCUT2D eigenvalue weighted by atomic mass is 16.8. The lowest BCUT2D eigenvalue weighted by Crippen LogP contribution is -2.82. The maximum Gasteiger partial charge on any atom is 0.321 e. The van der Waals surface area contributed by atoms with Gasteiger partial charge in [-0.15, -0.1) is 0 Å². The summed E-state index contributed by atoms with van der Waals surface area (Å²) in [6.07, 6.45) is 14.0. The van der Waals surface area contributed by atoms with Crippen LogP contribution in [-0.4, -0.2) is 98.2 Å². The summed E-state index contributed by atoms with van der Waals surface area (Å²) in [7, 11) is 0. The lowest BCUT2D eigenvalue weighted by Gasteiger charge is -2.62. The minimum absolute atomic E-state index is 0.0510. The Bertz CT molecular complexity index is 951. The third kappa shape index (κ3) is 16.5. The van der Waals surface area contributed by atoms with E-state index in [9.17, 15) is 15.0 Å². The van der Waals surface area contributed by atoms with Crippen LogP contribution in [0.15, 0.2) is 0 Å². The van der Waals surface area contributed by atoms with Gasteiger partial charge in [0.2, 0.25) is 23.1 Å². The van der Waals surface area contributed by atoms with Gasteiger partial charge in [-0.2, -0.15) is 0 Å². The van der Waals surface area contributed by atoms with Crippen molar-refractivity contribution in [3.05, 3.63) is 0 Å². The quantitative estimate of drug-likeness (QED) is 0.0445. The third-order valence-electron chi connectivity index (χ3n) is 10.6. The Hall–Kier alpha value is -1.38. The largest absolute Gasteiger partial charge is 0.481 e. The summed E-state index contributed by atoms with van der Waals surface area (Å²) in [6, 6.07) is 0. The second kappa shape index (κ2) is 32.3. The maximum absolute atomic E-state index is 15.2. The minimum Gasteiger partial charge on any atom is -0.481 e. The molecule has 0 aliphatic rings. The lowest BCUT2D eigenvalue weighted by atomic mass is 9.62. The fourth-order valence-electron chi connectivity index (χ4n) is 7.64. The fourth-order valence-corrected chi connectivity index (χ4v) is 7.64. The number of carboxylic acids is 2. The molecule has 2 atom stereocenters. The van der Waals surface area contributed by atoms with E-state index in [2.05, 4.69) is 13.8 Å². The maximum atomic E-state index is 15.2. The Morgan fingerprint density at radius 1 is 0.379 bits per heavy atom. The molecule has 58 heavy (non-hydrogen) atoms. The summed E-state index contributed by atoms with van der Waals surface area (Å²) >= 11 is 0. The Labute approximate surface area is 354 Å². The number of carbonyl (C=O) groups is 2. The molecule has 0 saturated heterocycles. The molecule has 0 radical (unpaired) electrons. The smallest absolute Gasteiger partial charge is 0.321 e. The van der Waals surface area contributed by atoms with E-state index in [1.165, 1.54) is 0 Å². The Morgan fingerprint density at radius 2 is 0.690 bits per heavy atom. The van der Waals surface area contributed by atoms with Crippen LogP contribution >= 0.6 is 0 Å². The van der Waals surface area contributed by atoms with Crippen LogP contribution in [0.1, 0.15) is 204 Å². The van der Waals surface area contributed by atoms with Crippen LogP contribution < -0.4 is 0 Å². The number of hydrogen-bond acceptors (Lipinski definition) is 10. The van der Waals surface area contributed by atoms with Gasteiger partial charge >= 0.3 is 11.9 Å². The van der Waals surface area contributed by atoms with Gasteiger partial charge in [0.1, 0.15) is 0 Å². The Balaban J connectivity index is 8.77. The van der Waals surface area contributed by atoms with Crippen LogP contribution in [0, 0.1) is 5.41 Å². The molecule has 0 spiro atoms. The molecule has 346 valence electrons. The summed E-state index contributed by atoms with van der Waals surface area (Å²) in [6.45, 7) is 21.0. The molecule has 0 bridgehead atoms. The van der Waals surface area contributed by atoms with E-state index in [4.69, 9.17) is 37.9 Å². The molecule has 0 heterocycles. The lowest BCUT2D eigenvalue weighted by molar-refractivity contribution is -0.507. The molecule has 12 nitrogen and oxygen atoms in total. The second-order valence-corrected chi connectivity index (χ2v) is 15.9. The first-order valence-electron chi connectivity index (χ1n) is 23.4. The number of carboxylic acid groups (broad SMARTS) is 2. The average molecular weight is 835 g/mol. The molecule has 0 aromatic carbocycles. The number of unbranched alkanes of at least 4 members (excludes halogenated alkanes) is 10. The molecule has 0 aliphatic heterocycles. The Morgan fingerprint density at radius 3 is 1.00 bits per heavy atom. The van der Waals surface area contributed by atoms with Gasteiger partial charge in [0.25, 0.3) is 0 Å². The summed E-state index contributed by atoms with van der Waals surface area (Å²) < 4.78 is 55.8. The highest BCUT2D eigenvalue weighted by molar-refractivity contribution is 5.78. The van der Waals surface area contributed by atoms with Gasteiger partial charge in [0.15, 0.2) is 5.41 Å². The minimum atomic E-state index is -2.30. The molecule has 0 aromatic heterocycles. The van der Waals surface area contributed by atoms with Crippen molar-refractivity contribution in [2.75, 3.05) is 52.9 Å². The molecule has 0 saturated carbocycles. The van der Waals surface area contributed by atoms with Crippen LogP contribution in [0.3, 0.4) is 0 Å². The first-order valence-corrected chi connectivity index (χ1v) is 23.4. The molecule has 2 N–H and O–H groups in total. The molecule has 0 aromatic rings. The highest BCUT2D eigenvalue weighted by Gasteiger charge is 2.83. The molecular formula is C46H90O12. The van der Waals surface area contributed by atoms with Crippen molar-refractivity contribution in [2.45, 2.75) is 227 Å². The van der Waals surface area contributed by atoms with E-state index >= 15 is 4.79 Å². The van der Waals surface area contributed by atoms with Crippen LogP contribution in [-0.2, 0) is 47.5 Å². The number of rotatable bonds is 43. The standard InChI is InChI=1S/C46H90O12/c1-11-19-21-23-28-38-53-42(9,51-32-13-3)45(55-34-15-5,56-35-16-6)44(41(49)50,31-27-25-26-30-40(47)48)46(57-36-17-7,58-37-18-8)43(10,52-33-14-4)54-39-29-24-22-20-12-2/h11-39H2,1-10H3,(H,47,48)(H,49,50). The third-order valence-corrected chi connectivity index (χ3v) is 10.6. The van der Waals surface area contributed by atoms with Gasteiger partial charge in [-0.1, -0.05) is 120 Å². The summed E-state index contributed by atoms with van der Waals surface area (Å²) in [5.74, 6) is -10.3. The molecule has 0 rings (SSSR count). The van der Waals surface area contributed by atoms with Crippen molar-refractivity contribution in [3.8, 4) is 0 Å². The van der Waals surface area contributed by atoms with Gasteiger partial charge < -0.3 is 48.1 Å². The molecule has 2 unspecified atom stereocenters. The Kier molecular flexibility index (Phi) is 31.6. The van der Waals surface area contributed by atoms with E-state index in [-0.39, 0.29) is 72.1 Å². The van der Waals surface area contributed by atoms with Crippen molar-refractivity contribution in [2.24, 2.45) is 5.41 Å². The second-order valence-electron chi connectivity index (χ2n) is 15.9. The van der Waals surface area contributed by atoms with Crippen molar-refractivity contribution >= 4 is 11.9 Å². The predicted octanol–water partition coefficient (Wildman–Crippen LogP) is 11.5. The highest BCUT2D eigenvalue weighted by Crippen LogP contribution is 2.61. The normalized spacial score (nSPS) is 15.6. The van der Waals surface area contributed by atoms with Gasteiger partial charge in [-0.3, -0.25) is 9.59 Å². The average Bonchev–Trinajstić information content (AvgIpc) is 3.20. The summed E-state index contributed by atoms with van der Waals surface area (Å²) in [5.41, 5.74) is -2.30. The van der Waals surface area contributed by atoms with Crippen molar-refractivity contribution in [1.82, 2.24) is 0 Å². The zero-order valence-corrected chi connectivity index (χ0v) is 39.0. The summed E-state index contributed by atoms with van der Waals surface area (Å²) in [5, 5.41) is 22.0. The number of ether oxygens (including phenoxy) is 8. The zero-order chi connectivity index (χ0) is 43.8. The zero-order valence-electron chi connectivity index (χ0n) is 39.0. The molecule has 0 amide bonds. The van der Waals surface area contributed by atoms with Gasteiger partial charge in [-0.05, 0) is 78.1 Å². The van der Waals surface area contributed by atoms with Gasteiger partial charge in [-0.25, -0.2) is 0 Å². The topological polar surface area (TPSA) is 148 Å². The van der Waals surface area contributed by atoms with Crippen molar-refractivity contribution in [1.29, 1.82) is 0 Å². The molecule has 12 heteroatoms. The van der Waals surface area contributed by atoms with Gasteiger partial charge in [0, 0.05) is 19.6 Å². The first-order chi connectivity index (χ1) is 27.8. The fraction of sp³-hybridized carbons (Fsp3) is 0.957. The van der Waals surface area contributed by atoms with Crippen LogP contribution in [0.4, 0.5) is 0 Å². The SMILES string of the molecule is CCCCCCCOC(C)(OCCC)C(OCCC)(OCCC)C(CCCCCC(=O)O)(C(=O)O)C(OCCC)(OCCC)C(C)(OCCC)OCCCCCCC. The van der Waals surface area contributed by atoms with Gasteiger partial charge in [0.05, 0.1) is 39.6 Å². The van der Waals surface area contributed by atoms with Crippen LogP contribution in [0.2, 0.25) is 0 Å². The number of hydrogen-bond donors (Lipinski definition) is 2. The molecule has 0 fully saturated rings. The summed E-state index contributed by atoms with van der Waals surface area (Å²) in [4.78, 5) is 26.9. The molecular weight excluding hydrogens is 744 g/mol. The van der Waals surface area contributed by atoms with E-state index < -0.39 is 40.5 Å². The number of aliphatic carboxylic acids is 2.